The quantitative estimate of drug-likeness (QED) is 0.344. The van der Waals surface area contributed by atoms with Crippen LogP contribution in [-0.2, 0) is 4.79 Å². The Morgan fingerprint density at radius 3 is 2.00 bits per heavy atom. The maximum atomic E-state index is 8.36. The van der Waals surface area contributed by atoms with E-state index in [4.69, 9.17) is 14.6 Å². The Balaban J connectivity index is -0.000000663. The molecule has 0 spiro atoms. The fraction of sp³-hybridized carbons (Fsp3) is 0.435. The van der Waals surface area contributed by atoms with E-state index < -0.39 is 0 Å². The molecular formula is C23H36O3. The highest BCUT2D eigenvalue weighted by atomic mass is 16.5. The third kappa shape index (κ3) is 15.1. The van der Waals surface area contributed by atoms with Gasteiger partial charge in [0, 0.05) is 0 Å². The molecule has 0 bridgehead atoms. The maximum absolute atomic E-state index is 8.36. The van der Waals surface area contributed by atoms with E-state index in [1.54, 1.807) is 0 Å². The molecule has 0 aliphatic heterocycles. The van der Waals surface area contributed by atoms with Gasteiger partial charge in [-0.1, -0.05) is 57.6 Å². The van der Waals surface area contributed by atoms with Crippen LogP contribution in [0, 0.1) is 12.8 Å². The highest BCUT2D eigenvalue weighted by Crippen LogP contribution is 2.24. The van der Waals surface area contributed by atoms with Crippen LogP contribution in [0.1, 0.15) is 65.9 Å². The van der Waals surface area contributed by atoms with Gasteiger partial charge in [-0.15, -0.1) is 12.8 Å². The average molecular weight is 361 g/mol. The fourth-order valence-electron chi connectivity index (χ4n) is 2.07. The van der Waals surface area contributed by atoms with Gasteiger partial charge in [-0.25, -0.2) is 0 Å². The molecule has 0 fully saturated rings. The first-order chi connectivity index (χ1) is 12.6. The van der Waals surface area contributed by atoms with Crippen LogP contribution in [0.25, 0.3) is 0 Å². The number of hydrogen-bond acceptors (Lipinski definition) is 2. The third-order valence-corrected chi connectivity index (χ3v) is 3.52. The topological polar surface area (TPSA) is 46.5 Å². The minimum atomic E-state index is -0.250. The number of carbonyl (C=O) groups is 1. The van der Waals surface area contributed by atoms with Gasteiger partial charge >= 0.3 is 0 Å². The molecule has 0 aliphatic carbocycles. The first-order valence-electron chi connectivity index (χ1n) is 9.06. The standard InChI is InChI=1S/C18H26O.C2H6.C2H2.CH2O2/c1-5-15(4)9-8-14-19-18-12-10-17(11-13-18)16(6-2)7-3;2*1-2;2-1-3/h5,8-13,16H,6-7,14H2,1-4H3;1-2H3;1-2H;1H,(H,2,3)/b9-8-,15-5-;;;. The number of terminal acetylenes is 1. The maximum Gasteiger partial charge on any atom is 0.290 e. The highest BCUT2D eigenvalue weighted by Gasteiger charge is 2.06. The van der Waals surface area contributed by atoms with Gasteiger partial charge in [0.1, 0.15) is 12.4 Å². The van der Waals surface area contributed by atoms with E-state index >= 15 is 0 Å². The molecule has 0 atom stereocenters. The molecule has 3 nitrogen and oxygen atoms in total. The molecule has 1 N–H and O–H groups in total. The Morgan fingerprint density at radius 1 is 1.15 bits per heavy atom. The predicted octanol–water partition coefficient (Wildman–Crippen LogP) is 6.47. The molecule has 0 saturated heterocycles. The average Bonchev–Trinajstić information content (AvgIpc) is 2.70. The molecule has 26 heavy (non-hydrogen) atoms. The molecule has 146 valence electrons. The Labute approximate surface area is 160 Å². The monoisotopic (exact) mass is 360 g/mol. The summed E-state index contributed by atoms with van der Waals surface area (Å²) in [5.41, 5.74) is 2.67. The van der Waals surface area contributed by atoms with Crippen molar-refractivity contribution in [2.24, 2.45) is 0 Å². The van der Waals surface area contributed by atoms with Gasteiger partial charge in [-0.3, -0.25) is 4.79 Å². The summed E-state index contributed by atoms with van der Waals surface area (Å²) in [6.07, 6.45) is 16.6. The van der Waals surface area contributed by atoms with Crippen molar-refractivity contribution in [3.63, 3.8) is 0 Å². The van der Waals surface area contributed by atoms with E-state index in [1.165, 1.54) is 24.0 Å². The molecule has 0 radical (unpaired) electrons. The number of rotatable bonds is 7. The van der Waals surface area contributed by atoms with Crippen molar-refractivity contribution in [2.75, 3.05) is 6.61 Å². The first-order valence-corrected chi connectivity index (χ1v) is 9.06. The zero-order valence-corrected chi connectivity index (χ0v) is 17.2. The molecule has 1 rings (SSSR count). The van der Waals surface area contributed by atoms with E-state index in [-0.39, 0.29) is 6.47 Å². The molecule has 0 heterocycles. The lowest BCUT2D eigenvalue weighted by atomic mass is 9.94. The Bertz CT molecular complexity index is 492. The van der Waals surface area contributed by atoms with Gasteiger partial charge in [0.15, 0.2) is 0 Å². The van der Waals surface area contributed by atoms with Crippen LogP contribution < -0.4 is 4.74 Å². The minimum Gasteiger partial charge on any atom is -0.490 e. The summed E-state index contributed by atoms with van der Waals surface area (Å²) in [6.45, 7) is 13.0. The van der Waals surface area contributed by atoms with Crippen LogP contribution in [0.5, 0.6) is 5.75 Å². The number of carboxylic acid groups (broad SMARTS) is 1. The lowest BCUT2D eigenvalue weighted by Crippen LogP contribution is -1.97. The Hall–Kier alpha value is -2.47. The lowest BCUT2D eigenvalue weighted by Gasteiger charge is -2.13. The molecule has 0 aliphatic rings. The summed E-state index contributed by atoms with van der Waals surface area (Å²) in [4.78, 5) is 8.36. The van der Waals surface area contributed by atoms with Crippen LogP contribution in [0.2, 0.25) is 0 Å². The van der Waals surface area contributed by atoms with Gasteiger partial charge in [-0.2, -0.15) is 0 Å². The Morgan fingerprint density at radius 2 is 1.62 bits per heavy atom. The van der Waals surface area contributed by atoms with Crippen LogP contribution in [0.4, 0.5) is 0 Å². The molecule has 0 saturated carbocycles. The summed E-state index contributed by atoms with van der Waals surface area (Å²) in [5.74, 6) is 1.61. The predicted molar refractivity (Wildman–Crippen MR) is 114 cm³/mol. The molecule has 3 heteroatoms. The van der Waals surface area contributed by atoms with Crippen LogP contribution in [0.15, 0.2) is 48.1 Å². The second kappa shape index (κ2) is 22.5. The summed E-state index contributed by atoms with van der Waals surface area (Å²) < 4.78 is 5.69. The van der Waals surface area contributed by atoms with E-state index in [2.05, 4.69) is 70.0 Å². The van der Waals surface area contributed by atoms with Gasteiger partial charge in [0.25, 0.3) is 6.47 Å². The van der Waals surface area contributed by atoms with E-state index in [0.29, 0.717) is 12.5 Å². The zero-order chi connectivity index (χ0) is 20.8. The van der Waals surface area contributed by atoms with Gasteiger partial charge in [-0.05, 0) is 56.4 Å². The summed E-state index contributed by atoms with van der Waals surface area (Å²) in [6, 6.07) is 8.52. The van der Waals surface area contributed by atoms with Crippen molar-refractivity contribution < 1.29 is 14.6 Å². The van der Waals surface area contributed by atoms with Gasteiger partial charge in [0.2, 0.25) is 0 Å². The van der Waals surface area contributed by atoms with E-state index in [0.717, 1.165) is 5.75 Å². The molecule has 1 aromatic carbocycles. The van der Waals surface area contributed by atoms with Crippen molar-refractivity contribution in [3.8, 4) is 18.6 Å². The summed E-state index contributed by atoms with van der Waals surface area (Å²) in [7, 11) is 0. The number of ether oxygens (including phenoxy) is 1. The third-order valence-electron chi connectivity index (χ3n) is 3.52. The molecule has 1 aromatic rings. The molecule has 0 aromatic heterocycles. The number of allylic oxidation sites excluding steroid dienone is 3. The van der Waals surface area contributed by atoms with Crippen molar-refractivity contribution in [2.45, 2.75) is 60.3 Å². The second-order valence-corrected chi connectivity index (χ2v) is 4.93. The van der Waals surface area contributed by atoms with E-state index in [1.807, 2.05) is 26.8 Å². The summed E-state index contributed by atoms with van der Waals surface area (Å²) >= 11 is 0. The number of benzene rings is 1. The second-order valence-electron chi connectivity index (χ2n) is 4.93. The van der Waals surface area contributed by atoms with Crippen molar-refractivity contribution in [1.29, 1.82) is 0 Å². The van der Waals surface area contributed by atoms with Crippen molar-refractivity contribution in [1.82, 2.24) is 0 Å². The zero-order valence-electron chi connectivity index (χ0n) is 17.2. The Kier molecular flexibility index (Phi) is 24.6. The van der Waals surface area contributed by atoms with Gasteiger partial charge < -0.3 is 9.84 Å². The fourth-order valence-corrected chi connectivity index (χ4v) is 2.07. The normalized spacial score (nSPS) is 9.81. The SMILES string of the molecule is C#C.C/C=C(C)\C=C/COc1ccc(C(CC)CC)cc1.CC.O=CO. The van der Waals surface area contributed by atoms with Crippen molar-refractivity contribution >= 4 is 6.47 Å². The largest absolute Gasteiger partial charge is 0.490 e. The van der Waals surface area contributed by atoms with E-state index in [9.17, 15) is 0 Å². The lowest BCUT2D eigenvalue weighted by molar-refractivity contribution is -0.122. The van der Waals surface area contributed by atoms with Crippen LogP contribution >= 0.6 is 0 Å². The van der Waals surface area contributed by atoms with Gasteiger partial charge in [0.05, 0.1) is 0 Å². The smallest absolute Gasteiger partial charge is 0.290 e. The van der Waals surface area contributed by atoms with Crippen LogP contribution in [-0.4, -0.2) is 18.2 Å². The first kappa shape index (κ1) is 28.3. The summed E-state index contributed by atoms with van der Waals surface area (Å²) in [5, 5.41) is 6.89. The molecule has 0 unspecified atom stereocenters. The minimum absolute atomic E-state index is 0.250. The van der Waals surface area contributed by atoms with Crippen LogP contribution in [0.3, 0.4) is 0 Å². The molecular weight excluding hydrogens is 324 g/mol. The van der Waals surface area contributed by atoms with Crippen molar-refractivity contribution in [3.05, 3.63) is 53.6 Å². The highest BCUT2D eigenvalue weighted by molar-refractivity contribution is 5.32. The number of hydrogen-bond donors (Lipinski definition) is 1. The molecule has 0 amide bonds.